The summed E-state index contributed by atoms with van der Waals surface area (Å²) < 4.78 is 16.9. The number of carbonyl (C=O) groups excluding carboxylic acids is 3. The Morgan fingerprint density at radius 1 is 0.263 bits per heavy atom. The average Bonchev–Trinajstić information content (AvgIpc) is 3.46. The second-order valence-electron chi connectivity index (χ2n) is 23.4. The van der Waals surface area contributed by atoms with Gasteiger partial charge in [0.2, 0.25) is 0 Å². The Balaban J connectivity index is 4.01. The molecule has 0 aliphatic heterocycles. The number of hydrogen-bond acceptors (Lipinski definition) is 6. The summed E-state index contributed by atoms with van der Waals surface area (Å²) in [5.74, 6) is -0.864. The molecule has 0 bridgehead atoms. The molecule has 0 saturated carbocycles. The van der Waals surface area contributed by atoms with Gasteiger partial charge in [0.25, 0.3) is 0 Å². The zero-order valence-corrected chi connectivity index (χ0v) is 53.3. The monoisotopic (exact) mass is 1120 g/mol. The number of hydrogen-bond donors (Lipinski definition) is 0. The van der Waals surface area contributed by atoms with Crippen LogP contribution in [-0.4, -0.2) is 37.2 Å². The van der Waals surface area contributed by atoms with E-state index in [0.29, 0.717) is 19.3 Å². The molecule has 6 heteroatoms. The maximum Gasteiger partial charge on any atom is 0.306 e. The molecule has 0 aromatic carbocycles. The molecular formula is C74H132O6. The van der Waals surface area contributed by atoms with Crippen LogP contribution in [0.4, 0.5) is 0 Å². The van der Waals surface area contributed by atoms with Gasteiger partial charge >= 0.3 is 17.9 Å². The predicted octanol–water partition coefficient (Wildman–Crippen LogP) is 24.1. The first-order chi connectivity index (χ1) is 39.5. The van der Waals surface area contributed by atoms with Crippen molar-refractivity contribution in [2.45, 2.75) is 367 Å². The molecule has 464 valence electrons. The predicted molar refractivity (Wildman–Crippen MR) is 348 cm³/mol. The van der Waals surface area contributed by atoms with Crippen LogP contribution < -0.4 is 0 Å². The standard InChI is InChI=1S/C74H132O6/c1-4-7-10-13-16-18-20-22-24-26-28-30-32-34-36-37-39-40-42-44-46-48-50-52-54-56-58-61-64-67-73(76)79-70-71(69-78-72(75)66-63-60-15-12-9-6-3)80-74(77)68-65-62-59-57-55-53-51-49-47-45-43-41-38-35-33-31-29-27-25-23-21-19-17-14-11-8-5-2/h7,10,16,18,22,24,27-30,34,36,71H,4-6,8-9,11-15,17,19-21,23,25-26,31-33,35,37-70H2,1-3H3/b10-7-,18-16-,24-22-,29-27-,30-28-,36-34-. The molecule has 0 saturated heterocycles. The number of carbonyl (C=O) groups is 3. The molecule has 0 aromatic rings. The van der Waals surface area contributed by atoms with E-state index in [4.69, 9.17) is 14.2 Å². The molecule has 0 radical (unpaired) electrons. The zero-order valence-electron chi connectivity index (χ0n) is 53.3. The van der Waals surface area contributed by atoms with Crippen LogP contribution in [0.2, 0.25) is 0 Å². The molecule has 0 aliphatic rings. The van der Waals surface area contributed by atoms with E-state index < -0.39 is 6.10 Å². The van der Waals surface area contributed by atoms with Crippen LogP contribution in [0.3, 0.4) is 0 Å². The largest absolute Gasteiger partial charge is 0.462 e. The van der Waals surface area contributed by atoms with Crippen LogP contribution in [0.5, 0.6) is 0 Å². The first-order valence-corrected chi connectivity index (χ1v) is 34.9. The molecule has 0 rings (SSSR count). The van der Waals surface area contributed by atoms with E-state index in [1.165, 1.54) is 231 Å². The van der Waals surface area contributed by atoms with E-state index >= 15 is 0 Å². The summed E-state index contributed by atoms with van der Waals surface area (Å²) in [6.07, 6.45) is 89.7. The second kappa shape index (κ2) is 68.3. The highest BCUT2D eigenvalue weighted by Crippen LogP contribution is 2.18. The van der Waals surface area contributed by atoms with Gasteiger partial charge in [0.1, 0.15) is 13.2 Å². The van der Waals surface area contributed by atoms with Crippen molar-refractivity contribution < 1.29 is 28.6 Å². The Bertz CT molecular complexity index is 1470. The van der Waals surface area contributed by atoms with Crippen LogP contribution in [0, 0.1) is 0 Å². The molecular weight excluding hydrogens is 985 g/mol. The lowest BCUT2D eigenvalue weighted by atomic mass is 10.0. The van der Waals surface area contributed by atoms with Gasteiger partial charge in [-0.3, -0.25) is 14.4 Å². The Hall–Kier alpha value is -3.15. The van der Waals surface area contributed by atoms with Gasteiger partial charge < -0.3 is 14.2 Å². The van der Waals surface area contributed by atoms with Gasteiger partial charge in [-0.05, 0) is 89.9 Å². The highest BCUT2D eigenvalue weighted by atomic mass is 16.6. The molecule has 6 nitrogen and oxygen atoms in total. The highest BCUT2D eigenvalue weighted by Gasteiger charge is 2.19. The highest BCUT2D eigenvalue weighted by molar-refractivity contribution is 5.71. The van der Waals surface area contributed by atoms with E-state index in [1.54, 1.807) is 0 Å². The Morgan fingerprint density at radius 2 is 0.487 bits per heavy atom. The molecule has 80 heavy (non-hydrogen) atoms. The van der Waals surface area contributed by atoms with Crippen LogP contribution in [-0.2, 0) is 28.6 Å². The van der Waals surface area contributed by atoms with E-state index in [9.17, 15) is 14.4 Å². The van der Waals surface area contributed by atoms with Gasteiger partial charge in [0, 0.05) is 19.3 Å². The molecule has 0 N–H and O–H groups in total. The van der Waals surface area contributed by atoms with Gasteiger partial charge in [-0.1, -0.05) is 325 Å². The number of unbranched alkanes of at least 4 members (excludes halogenated alkanes) is 41. The minimum Gasteiger partial charge on any atom is -0.462 e. The quantitative estimate of drug-likeness (QED) is 0.0261. The van der Waals surface area contributed by atoms with E-state index in [-0.39, 0.29) is 31.1 Å². The normalized spacial score (nSPS) is 12.5. The zero-order chi connectivity index (χ0) is 57.8. The van der Waals surface area contributed by atoms with Crippen LogP contribution in [0.1, 0.15) is 361 Å². The van der Waals surface area contributed by atoms with E-state index in [1.807, 2.05) is 0 Å². The van der Waals surface area contributed by atoms with Crippen molar-refractivity contribution in [3.8, 4) is 0 Å². The van der Waals surface area contributed by atoms with E-state index in [2.05, 4.69) is 93.7 Å². The van der Waals surface area contributed by atoms with Crippen molar-refractivity contribution >= 4 is 17.9 Å². The number of esters is 3. The fourth-order valence-corrected chi connectivity index (χ4v) is 10.2. The van der Waals surface area contributed by atoms with Crippen molar-refractivity contribution in [3.63, 3.8) is 0 Å². The molecule has 0 amide bonds. The van der Waals surface area contributed by atoms with Crippen molar-refractivity contribution in [2.75, 3.05) is 13.2 Å². The number of ether oxygens (including phenoxy) is 3. The summed E-state index contributed by atoms with van der Waals surface area (Å²) in [4.78, 5) is 38.1. The molecule has 0 aromatic heterocycles. The minimum absolute atomic E-state index is 0.0718. The molecule has 1 atom stereocenters. The molecule has 0 heterocycles. The fraction of sp³-hybridized carbons (Fsp3) is 0.797. The Labute approximate surface area is 497 Å². The van der Waals surface area contributed by atoms with Crippen molar-refractivity contribution in [2.24, 2.45) is 0 Å². The lowest BCUT2D eigenvalue weighted by Crippen LogP contribution is -2.30. The number of rotatable bonds is 64. The van der Waals surface area contributed by atoms with Crippen molar-refractivity contribution in [1.29, 1.82) is 0 Å². The van der Waals surface area contributed by atoms with Gasteiger partial charge in [-0.2, -0.15) is 0 Å². The molecule has 0 fully saturated rings. The van der Waals surface area contributed by atoms with Crippen LogP contribution >= 0.6 is 0 Å². The second-order valence-corrected chi connectivity index (χ2v) is 23.4. The Kier molecular flexibility index (Phi) is 65.7. The molecule has 0 aliphatic carbocycles. The first-order valence-electron chi connectivity index (χ1n) is 34.9. The third-order valence-corrected chi connectivity index (χ3v) is 15.4. The summed E-state index contributed by atoms with van der Waals surface area (Å²) in [5, 5.41) is 0. The lowest BCUT2D eigenvalue weighted by molar-refractivity contribution is -0.167. The third kappa shape index (κ3) is 65.7. The smallest absolute Gasteiger partial charge is 0.306 e. The van der Waals surface area contributed by atoms with Crippen molar-refractivity contribution in [3.05, 3.63) is 72.9 Å². The van der Waals surface area contributed by atoms with Gasteiger partial charge in [-0.15, -0.1) is 0 Å². The minimum atomic E-state index is -0.772. The molecule has 0 spiro atoms. The third-order valence-electron chi connectivity index (χ3n) is 15.4. The summed E-state index contributed by atoms with van der Waals surface area (Å²) in [5.41, 5.74) is 0. The average molecular weight is 1120 g/mol. The maximum atomic E-state index is 12.9. The Morgan fingerprint density at radius 3 is 0.775 bits per heavy atom. The first kappa shape index (κ1) is 76.9. The lowest BCUT2D eigenvalue weighted by Gasteiger charge is -2.18. The van der Waals surface area contributed by atoms with Gasteiger partial charge in [0.05, 0.1) is 0 Å². The SMILES string of the molecule is CC/C=C\C/C=C\C/C=C\C/C=C\C/C=C\CCCCCCCCCCCCCCCC(=O)OCC(COC(=O)CCCCCCCC)OC(=O)CCCCCCCCCCCCCCCCC/C=C\CCCCCCCCCC. The van der Waals surface area contributed by atoms with Crippen LogP contribution in [0.25, 0.3) is 0 Å². The summed E-state index contributed by atoms with van der Waals surface area (Å²) in [6.45, 7) is 6.51. The topological polar surface area (TPSA) is 78.9 Å². The summed E-state index contributed by atoms with van der Waals surface area (Å²) in [7, 11) is 0. The summed E-state index contributed by atoms with van der Waals surface area (Å²) >= 11 is 0. The summed E-state index contributed by atoms with van der Waals surface area (Å²) in [6, 6.07) is 0. The fourth-order valence-electron chi connectivity index (χ4n) is 10.2. The maximum absolute atomic E-state index is 12.9. The van der Waals surface area contributed by atoms with Gasteiger partial charge in [-0.25, -0.2) is 0 Å². The van der Waals surface area contributed by atoms with Gasteiger partial charge in [0.15, 0.2) is 6.10 Å². The molecule has 1 unspecified atom stereocenters. The van der Waals surface area contributed by atoms with Crippen molar-refractivity contribution in [1.82, 2.24) is 0 Å². The van der Waals surface area contributed by atoms with Crippen LogP contribution in [0.15, 0.2) is 72.9 Å². The number of allylic oxidation sites excluding steroid dienone is 12. The van der Waals surface area contributed by atoms with E-state index in [0.717, 1.165) is 89.9 Å².